The van der Waals surface area contributed by atoms with Gasteiger partial charge in [-0.25, -0.2) is 13.1 Å². The molecule has 110 valence electrons. The summed E-state index contributed by atoms with van der Waals surface area (Å²) in [5.74, 6) is -1.06. The number of carbonyl (C=O) groups is 1. The van der Waals surface area contributed by atoms with Crippen LogP contribution in [0.25, 0.3) is 0 Å². The first-order valence-electron chi connectivity index (χ1n) is 5.40. The summed E-state index contributed by atoms with van der Waals surface area (Å²) in [7, 11) is -4.18. The SMILES string of the molecule is O=C(O)CCCNS(=O)(=O)c1c(Cl)cccc1[N+](=O)[O-]. The van der Waals surface area contributed by atoms with E-state index in [0.29, 0.717) is 0 Å². The lowest BCUT2D eigenvalue weighted by molar-refractivity contribution is -0.387. The third kappa shape index (κ3) is 4.15. The van der Waals surface area contributed by atoms with Gasteiger partial charge in [-0.1, -0.05) is 17.7 Å². The van der Waals surface area contributed by atoms with Crippen molar-refractivity contribution < 1.29 is 23.2 Å². The Kier molecular flexibility index (Phi) is 5.43. The zero-order chi connectivity index (χ0) is 15.3. The Hall–Kier alpha value is -1.71. The number of nitrogens with zero attached hydrogens (tertiary/aromatic N) is 1. The molecule has 1 aromatic carbocycles. The molecule has 0 heterocycles. The Morgan fingerprint density at radius 1 is 1.45 bits per heavy atom. The molecule has 20 heavy (non-hydrogen) atoms. The molecule has 0 atom stereocenters. The summed E-state index contributed by atoms with van der Waals surface area (Å²) in [6.07, 6.45) is -0.153. The lowest BCUT2D eigenvalue weighted by Gasteiger charge is -2.08. The van der Waals surface area contributed by atoms with Crippen LogP contribution < -0.4 is 4.72 Å². The Labute approximate surface area is 119 Å². The minimum Gasteiger partial charge on any atom is -0.481 e. The van der Waals surface area contributed by atoms with E-state index in [4.69, 9.17) is 16.7 Å². The van der Waals surface area contributed by atoms with Gasteiger partial charge in [0.2, 0.25) is 10.0 Å². The largest absolute Gasteiger partial charge is 0.481 e. The van der Waals surface area contributed by atoms with Crippen molar-refractivity contribution in [1.82, 2.24) is 4.72 Å². The summed E-state index contributed by atoms with van der Waals surface area (Å²) < 4.78 is 26.0. The molecule has 0 bridgehead atoms. The number of nitro benzene ring substituents is 1. The van der Waals surface area contributed by atoms with Gasteiger partial charge in [-0.2, -0.15) is 0 Å². The van der Waals surface area contributed by atoms with Crippen LogP contribution in [-0.2, 0) is 14.8 Å². The number of halogens is 1. The van der Waals surface area contributed by atoms with Crippen LogP contribution in [0.1, 0.15) is 12.8 Å². The molecular weight excluding hydrogens is 312 g/mol. The fraction of sp³-hybridized carbons (Fsp3) is 0.300. The van der Waals surface area contributed by atoms with Crippen LogP contribution in [-0.4, -0.2) is 31.0 Å². The fourth-order valence-corrected chi connectivity index (χ4v) is 3.20. The van der Waals surface area contributed by atoms with Gasteiger partial charge < -0.3 is 5.11 Å². The number of carboxylic acids is 1. The number of nitrogens with one attached hydrogen (secondary N) is 1. The second-order valence-electron chi connectivity index (χ2n) is 3.74. The average Bonchev–Trinajstić information content (AvgIpc) is 2.33. The van der Waals surface area contributed by atoms with Crippen molar-refractivity contribution in [2.24, 2.45) is 0 Å². The predicted octanol–water partition coefficient (Wildman–Crippen LogP) is 1.39. The number of carboxylic acid groups (broad SMARTS) is 1. The summed E-state index contributed by atoms with van der Waals surface area (Å²) in [5.41, 5.74) is -0.636. The van der Waals surface area contributed by atoms with Crippen molar-refractivity contribution in [2.45, 2.75) is 17.7 Å². The van der Waals surface area contributed by atoms with E-state index in [1.54, 1.807) is 0 Å². The van der Waals surface area contributed by atoms with E-state index in [2.05, 4.69) is 4.72 Å². The Bertz CT molecular complexity index is 631. The molecule has 0 unspecified atom stereocenters. The molecule has 0 saturated heterocycles. The number of hydrogen-bond donors (Lipinski definition) is 2. The number of nitro groups is 1. The Balaban J connectivity index is 2.98. The first kappa shape index (κ1) is 16.3. The molecule has 0 aliphatic carbocycles. The van der Waals surface area contributed by atoms with Crippen molar-refractivity contribution in [3.8, 4) is 0 Å². The zero-order valence-electron chi connectivity index (χ0n) is 10.1. The van der Waals surface area contributed by atoms with E-state index in [9.17, 15) is 23.3 Å². The third-order valence-electron chi connectivity index (χ3n) is 2.27. The fourth-order valence-electron chi connectivity index (χ4n) is 1.43. The Morgan fingerprint density at radius 3 is 2.65 bits per heavy atom. The molecule has 0 spiro atoms. The predicted molar refractivity (Wildman–Crippen MR) is 70.2 cm³/mol. The van der Waals surface area contributed by atoms with Gasteiger partial charge in [0.1, 0.15) is 0 Å². The molecule has 1 aromatic rings. The highest BCUT2D eigenvalue weighted by Crippen LogP contribution is 2.30. The topological polar surface area (TPSA) is 127 Å². The monoisotopic (exact) mass is 322 g/mol. The highest BCUT2D eigenvalue weighted by Gasteiger charge is 2.28. The van der Waals surface area contributed by atoms with Crippen LogP contribution in [0.4, 0.5) is 5.69 Å². The number of rotatable bonds is 7. The van der Waals surface area contributed by atoms with E-state index in [1.165, 1.54) is 12.1 Å². The van der Waals surface area contributed by atoms with E-state index in [-0.39, 0.29) is 24.4 Å². The molecule has 2 N–H and O–H groups in total. The van der Waals surface area contributed by atoms with Crippen LogP contribution in [0.2, 0.25) is 5.02 Å². The van der Waals surface area contributed by atoms with E-state index in [1.807, 2.05) is 0 Å². The lowest BCUT2D eigenvalue weighted by Crippen LogP contribution is -2.26. The van der Waals surface area contributed by atoms with Gasteiger partial charge in [0.05, 0.1) is 9.95 Å². The van der Waals surface area contributed by atoms with E-state index in [0.717, 1.165) is 6.07 Å². The molecule has 0 saturated carbocycles. The standard InChI is InChI=1S/C10H11ClN2O6S/c11-7-3-1-4-8(13(16)17)10(7)20(18,19)12-6-2-5-9(14)15/h1,3-4,12H,2,5-6H2,(H,14,15). The molecule has 10 heteroatoms. The highest BCUT2D eigenvalue weighted by molar-refractivity contribution is 7.89. The second kappa shape index (κ2) is 6.64. The van der Waals surface area contributed by atoms with Crippen LogP contribution in [0.15, 0.2) is 23.1 Å². The molecule has 8 nitrogen and oxygen atoms in total. The van der Waals surface area contributed by atoms with Gasteiger partial charge in [-0.3, -0.25) is 14.9 Å². The summed E-state index contributed by atoms with van der Waals surface area (Å²) in [5, 5.41) is 19.0. The summed E-state index contributed by atoms with van der Waals surface area (Å²) in [6.45, 7) is -0.156. The van der Waals surface area contributed by atoms with Crippen molar-refractivity contribution in [2.75, 3.05) is 6.54 Å². The van der Waals surface area contributed by atoms with Gasteiger partial charge in [0.25, 0.3) is 5.69 Å². The van der Waals surface area contributed by atoms with Gasteiger partial charge >= 0.3 is 5.97 Å². The second-order valence-corrected chi connectivity index (χ2v) is 5.85. The van der Waals surface area contributed by atoms with Crippen LogP contribution in [0.3, 0.4) is 0 Å². The highest BCUT2D eigenvalue weighted by atomic mass is 35.5. The Morgan fingerprint density at radius 2 is 2.10 bits per heavy atom. The van der Waals surface area contributed by atoms with Crippen molar-refractivity contribution in [1.29, 1.82) is 0 Å². The maximum atomic E-state index is 12.0. The number of hydrogen-bond acceptors (Lipinski definition) is 5. The van der Waals surface area contributed by atoms with E-state index >= 15 is 0 Å². The van der Waals surface area contributed by atoms with Gasteiger partial charge in [0.15, 0.2) is 4.90 Å². The van der Waals surface area contributed by atoms with Gasteiger partial charge in [-0.15, -0.1) is 0 Å². The summed E-state index contributed by atoms with van der Waals surface area (Å²) in [4.78, 5) is 19.6. The summed E-state index contributed by atoms with van der Waals surface area (Å²) in [6, 6.07) is 3.52. The van der Waals surface area contributed by atoms with Crippen LogP contribution in [0, 0.1) is 10.1 Å². The van der Waals surface area contributed by atoms with Crippen LogP contribution >= 0.6 is 11.6 Å². The number of sulfonamides is 1. The van der Waals surface area contributed by atoms with E-state index < -0.39 is 31.5 Å². The maximum Gasteiger partial charge on any atom is 0.303 e. The molecule has 0 fully saturated rings. The molecule has 0 radical (unpaired) electrons. The first-order valence-corrected chi connectivity index (χ1v) is 7.26. The number of benzene rings is 1. The molecule has 0 aliphatic heterocycles. The molecule has 0 aliphatic rings. The van der Waals surface area contributed by atoms with Gasteiger partial charge in [-0.05, 0) is 12.5 Å². The smallest absolute Gasteiger partial charge is 0.303 e. The quantitative estimate of drug-likeness (QED) is 0.443. The lowest BCUT2D eigenvalue weighted by atomic mass is 10.3. The molecular formula is C10H11ClN2O6S. The first-order chi connectivity index (χ1) is 9.25. The normalized spacial score (nSPS) is 11.2. The third-order valence-corrected chi connectivity index (χ3v) is 4.25. The van der Waals surface area contributed by atoms with Crippen molar-refractivity contribution >= 4 is 33.3 Å². The minimum absolute atomic E-state index is 0.0623. The zero-order valence-corrected chi connectivity index (χ0v) is 11.6. The minimum atomic E-state index is -4.18. The summed E-state index contributed by atoms with van der Waals surface area (Å²) >= 11 is 5.70. The van der Waals surface area contributed by atoms with Crippen LogP contribution in [0.5, 0.6) is 0 Å². The number of aliphatic carboxylic acids is 1. The van der Waals surface area contributed by atoms with Crippen molar-refractivity contribution in [3.05, 3.63) is 33.3 Å². The maximum absolute atomic E-state index is 12.0. The van der Waals surface area contributed by atoms with Crippen molar-refractivity contribution in [3.63, 3.8) is 0 Å². The average molecular weight is 323 g/mol. The molecule has 0 aromatic heterocycles. The molecule has 0 amide bonds. The van der Waals surface area contributed by atoms with Gasteiger partial charge in [0, 0.05) is 19.0 Å². The molecule has 1 rings (SSSR count).